The number of aliphatic imine (C=N–C) groups is 1. The van der Waals surface area contributed by atoms with Crippen molar-refractivity contribution >= 4 is 23.7 Å². The van der Waals surface area contributed by atoms with Crippen LogP contribution >= 0.6 is 0 Å². The van der Waals surface area contributed by atoms with E-state index in [1.807, 2.05) is 6.07 Å². The Morgan fingerprint density at radius 2 is 2.15 bits per heavy atom. The summed E-state index contributed by atoms with van der Waals surface area (Å²) < 4.78 is 12.2. The fourth-order valence-electron chi connectivity index (χ4n) is 6.98. The average molecular weight is 542 g/mol. The number of piperidine rings is 1. The van der Waals surface area contributed by atoms with Gasteiger partial charge in [0.2, 0.25) is 5.91 Å². The molecule has 1 saturated heterocycles. The Labute approximate surface area is 228 Å². The lowest BCUT2D eigenvalue weighted by Crippen LogP contribution is -2.65. The van der Waals surface area contributed by atoms with Crippen LogP contribution in [0.1, 0.15) is 43.2 Å². The quantitative estimate of drug-likeness (QED) is 0.188. The van der Waals surface area contributed by atoms with Gasteiger partial charge in [-0.05, 0) is 63.2 Å². The first-order chi connectivity index (χ1) is 18.6. The van der Waals surface area contributed by atoms with Gasteiger partial charge in [-0.3, -0.25) is 14.6 Å². The van der Waals surface area contributed by atoms with Crippen LogP contribution in [0.15, 0.2) is 17.1 Å². The number of carbonyl (C=O) groups is 3. The third kappa shape index (κ3) is 4.80. The van der Waals surface area contributed by atoms with Crippen LogP contribution in [0.3, 0.4) is 0 Å². The lowest BCUT2D eigenvalue weighted by molar-refractivity contribution is -0.138. The van der Waals surface area contributed by atoms with Crippen molar-refractivity contribution in [1.29, 1.82) is 0 Å². The number of Topliss-reactive ketones (excluding diaryl/α,β-unsaturated/α-hetero) is 1. The molecule has 5 atom stereocenters. The predicted molar refractivity (Wildman–Crippen MR) is 145 cm³/mol. The zero-order valence-corrected chi connectivity index (χ0v) is 22.7. The summed E-state index contributed by atoms with van der Waals surface area (Å²) in [5.74, 6) is 1.06. The number of carbonyl (C=O) groups excluding carboxylic acids is 3. The standard InChI is InChI=1S/C27H39N7O5/c1-33-12-9-27-16-6-7-19(35)23(27)39-22-20(8-5-15(21(22)27)14-18(16)33)38-26(37)34(2)13-11-31-24(36)17(28)4-3-10-32-25(29)30/h5,8,16-18,23H,3-4,6-7,9-14,28H2,1-2H3,(H,31,36)(H4,29,30,32)/t16-,17-,18+,23-,27-/m0/s1. The van der Waals surface area contributed by atoms with E-state index in [0.29, 0.717) is 49.3 Å². The van der Waals surface area contributed by atoms with E-state index in [1.54, 1.807) is 13.1 Å². The normalized spacial score (nSPS) is 27.2. The molecule has 7 N–H and O–H groups in total. The number of hydrogen-bond acceptors (Lipinski definition) is 8. The molecule has 12 heteroatoms. The van der Waals surface area contributed by atoms with Crippen molar-refractivity contribution < 1.29 is 23.9 Å². The molecule has 5 rings (SSSR count). The lowest BCUT2D eigenvalue weighted by Gasteiger charge is -2.57. The molecule has 0 radical (unpaired) electrons. The second kappa shape index (κ2) is 10.6. The Balaban J connectivity index is 1.21. The minimum atomic E-state index is -0.693. The summed E-state index contributed by atoms with van der Waals surface area (Å²) in [6, 6.07) is 3.49. The number of rotatable bonds is 9. The molecule has 2 aliphatic heterocycles. The van der Waals surface area contributed by atoms with Crippen molar-refractivity contribution in [2.24, 2.45) is 28.1 Å². The van der Waals surface area contributed by atoms with Crippen LogP contribution in [0, 0.1) is 5.92 Å². The van der Waals surface area contributed by atoms with Crippen molar-refractivity contribution in [2.45, 2.75) is 62.1 Å². The highest BCUT2D eigenvalue weighted by molar-refractivity contribution is 5.89. The molecule has 212 valence electrons. The van der Waals surface area contributed by atoms with Crippen molar-refractivity contribution in [1.82, 2.24) is 15.1 Å². The van der Waals surface area contributed by atoms with Crippen molar-refractivity contribution in [3.8, 4) is 11.5 Å². The number of amides is 2. The number of nitrogens with one attached hydrogen (secondary N) is 1. The molecule has 0 aromatic heterocycles. The van der Waals surface area contributed by atoms with E-state index in [1.165, 1.54) is 10.5 Å². The average Bonchev–Trinajstić information content (AvgIpc) is 3.26. The summed E-state index contributed by atoms with van der Waals surface area (Å²) in [5.41, 5.74) is 18.4. The molecule has 2 heterocycles. The Morgan fingerprint density at radius 3 is 2.92 bits per heavy atom. The van der Waals surface area contributed by atoms with Crippen LogP contribution < -0.4 is 32.0 Å². The fourth-order valence-corrected chi connectivity index (χ4v) is 6.98. The Hall–Kier alpha value is -3.38. The van der Waals surface area contributed by atoms with Gasteiger partial charge in [-0.25, -0.2) is 4.79 Å². The van der Waals surface area contributed by atoms with Gasteiger partial charge in [-0.2, -0.15) is 0 Å². The molecule has 2 aliphatic carbocycles. The van der Waals surface area contributed by atoms with Crippen LogP contribution in [-0.4, -0.2) is 92.0 Å². The third-order valence-corrected chi connectivity index (χ3v) is 8.93. The van der Waals surface area contributed by atoms with Gasteiger partial charge >= 0.3 is 6.09 Å². The molecule has 1 spiro atoms. The number of likely N-dealkylation sites (tertiary alicyclic amines) is 1. The van der Waals surface area contributed by atoms with Gasteiger partial charge in [-0.1, -0.05) is 6.07 Å². The van der Waals surface area contributed by atoms with E-state index in [9.17, 15) is 14.4 Å². The van der Waals surface area contributed by atoms with Gasteiger partial charge in [0.15, 0.2) is 29.3 Å². The van der Waals surface area contributed by atoms with E-state index in [0.717, 1.165) is 31.4 Å². The van der Waals surface area contributed by atoms with Crippen LogP contribution in [0.25, 0.3) is 0 Å². The number of ketones is 1. The molecule has 2 bridgehead atoms. The lowest BCUT2D eigenvalue weighted by atomic mass is 9.52. The van der Waals surface area contributed by atoms with Crippen molar-refractivity contribution in [3.63, 3.8) is 0 Å². The maximum absolute atomic E-state index is 13.1. The highest BCUT2D eigenvalue weighted by Crippen LogP contribution is 2.63. The maximum atomic E-state index is 13.1. The zero-order chi connectivity index (χ0) is 27.9. The molecule has 0 unspecified atom stereocenters. The van der Waals surface area contributed by atoms with Crippen LogP contribution in [0.2, 0.25) is 0 Å². The molecule has 2 amide bonds. The number of hydrogen-bond donors (Lipinski definition) is 4. The van der Waals surface area contributed by atoms with E-state index < -0.39 is 18.2 Å². The maximum Gasteiger partial charge on any atom is 0.415 e. The number of nitrogens with two attached hydrogens (primary N) is 3. The van der Waals surface area contributed by atoms with E-state index >= 15 is 0 Å². The minimum absolute atomic E-state index is 0.00446. The molecular formula is C27H39N7O5. The topological polar surface area (TPSA) is 179 Å². The van der Waals surface area contributed by atoms with E-state index in [-0.39, 0.29) is 36.2 Å². The van der Waals surface area contributed by atoms with E-state index in [2.05, 4.69) is 22.3 Å². The van der Waals surface area contributed by atoms with Gasteiger partial charge in [-0.15, -0.1) is 0 Å². The molecular weight excluding hydrogens is 502 g/mol. The summed E-state index contributed by atoms with van der Waals surface area (Å²) in [6.07, 6.45) is 3.07. The Bertz CT molecular complexity index is 1190. The zero-order valence-electron chi connectivity index (χ0n) is 22.7. The highest BCUT2D eigenvalue weighted by Gasteiger charge is 2.65. The smallest absolute Gasteiger partial charge is 0.415 e. The Morgan fingerprint density at radius 1 is 1.36 bits per heavy atom. The molecule has 4 aliphatic rings. The largest absolute Gasteiger partial charge is 0.477 e. The predicted octanol–water partition coefficient (Wildman–Crippen LogP) is -0.148. The molecule has 1 saturated carbocycles. The number of likely N-dealkylation sites (N-methyl/N-ethyl adjacent to an activating group) is 2. The van der Waals surface area contributed by atoms with Gasteiger partial charge in [0.05, 0.1) is 6.04 Å². The fraction of sp³-hybridized carbons (Fsp3) is 0.630. The van der Waals surface area contributed by atoms with Crippen molar-refractivity contribution in [2.75, 3.05) is 40.3 Å². The molecule has 12 nitrogen and oxygen atoms in total. The molecule has 2 fully saturated rings. The summed E-state index contributed by atoms with van der Waals surface area (Å²) in [5, 5.41) is 2.74. The first-order valence-electron chi connectivity index (χ1n) is 13.7. The van der Waals surface area contributed by atoms with E-state index in [4.69, 9.17) is 26.7 Å². The summed E-state index contributed by atoms with van der Waals surface area (Å²) in [4.78, 5) is 45.9. The molecule has 39 heavy (non-hydrogen) atoms. The second-order valence-electron chi connectivity index (χ2n) is 11.2. The number of benzene rings is 1. The second-order valence-corrected chi connectivity index (χ2v) is 11.2. The monoisotopic (exact) mass is 541 g/mol. The first-order valence-corrected chi connectivity index (χ1v) is 13.7. The SMILES string of the molecule is CN(CCNC(=O)[C@@H](N)CCCN=C(N)N)C(=O)Oc1ccc2c3c1O[C@H]1C(=O)CC[C@H]4[C@@H](C2)N(C)CC[C@]314. The highest BCUT2D eigenvalue weighted by atomic mass is 16.6. The summed E-state index contributed by atoms with van der Waals surface area (Å²) >= 11 is 0. The van der Waals surface area contributed by atoms with Crippen LogP contribution in [0.5, 0.6) is 11.5 Å². The number of ether oxygens (including phenoxy) is 2. The van der Waals surface area contributed by atoms with Gasteiger partial charge in [0, 0.05) is 50.1 Å². The summed E-state index contributed by atoms with van der Waals surface area (Å²) in [7, 11) is 3.77. The Kier molecular flexibility index (Phi) is 7.43. The van der Waals surface area contributed by atoms with Crippen molar-refractivity contribution in [3.05, 3.63) is 23.3 Å². The minimum Gasteiger partial charge on any atom is -0.477 e. The van der Waals surface area contributed by atoms with Gasteiger partial charge in [0.1, 0.15) is 0 Å². The molecule has 1 aromatic rings. The van der Waals surface area contributed by atoms with Gasteiger partial charge in [0.25, 0.3) is 0 Å². The van der Waals surface area contributed by atoms with Crippen LogP contribution in [0.4, 0.5) is 4.79 Å². The first kappa shape index (κ1) is 27.2. The third-order valence-electron chi connectivity index (χ3n) is 8.93. The number of guanidine groups is 1. The van der Waals surface area contributed by atoms with Gasteiger partial charge < -0.3 is 41.8 Å². The number of nitrogens with zero attached hydrogens (tertiary/aromatic N) is 3. The van der Waals surface area contributed by atoms with Crippen LogP contribution in [-0.2, 0) is 21.4 Å². The summed E-state index contributed by atoms with van der Waals surface area (Å²) in [6.45, 7) is 1.76. The molecule has 1 aromatic carbocycles.